The SMILES string of the molecule is O=C(c1ccc(Cl)cc1Br)N1CC2CC2C1. The Labute approximate surface area is 108 Å². The van der Waals surface area contributed by atoms with Crippen molar-refractivity contribution in [1.82, 2.24) is 4.90 Å². The van der Waals surface area contributed by atoms with Gasteiger partial charge in [0.25, 0.3) is 5.91 Å². The van der Waals surface area contributed by atoms with E-state index in [2.05, 4.69) is 15.9 Å². The predicted molar refractivity (Wildman–Crippen MR) is 66.7 cm³/mol. The average molecular weight is 301 g/mol. The molecule has 0 bridgehead atoms. The molecule has 2 fully saturated rings. The van der Waals surface area contributed by atoms with Crippen molar-refractivity contribution in [3.05, 3.63) is 33.3 Å². The Morgan fingerprint density at radius 2 is 2.06 bits per heavy atom. The fraction of sp³-hybridized carbons (Fsp3) is 0.417. The summed E-state index contributed by atoms with van der Waals surface area (Å²) in [5.74, 6) is 1.67. The van der Waals surface area contributed by atoms with Crippen LogP contribution < -0.4 is 0 Å². The summed E-state index contributed by atoms with van der Waals surface area (Å²) in [6, 6.07) is 5.32. The molecule has 0 N–H and O–H groups in total. The van der Waals surface area contributed by atoms with Gasteiger partial charge in [0, 0.05) is 22.6 Å². The van der Waals surface area contributed by atoms with Gasteiger partial charge in [0.2, 0.25) is 0 Å². The molecule has 1 aromatic carbocycles. The Kier molecular flexibility index (Phi) is 2.48. The third kappa shape index (κ3) is 1.76. The molecular weight excluding hydrogens is 289 g/mol. The highest BCUT2D eigenvalue weighted by Gasteiger charge is 2.46. The van der Waals surface area contributed by atoms with Gasteiger partial charge in [-0.3, -0.25) is 4.79 Å². The van der Waals surface area contributed by atoms with Crippen molar-refractivity contribution in [1.29, 1.82) is 0 Å². The zero-order chi connectivity index (χ0) is 11.3. The third-order valence-electron chi connectivity index (χ3n) is 3.43. The summed E-state index contributed by atoms with van der Waals surface area (Å²) in [5, 5.41) is 0.646. The molecule has 0 spiro atoms. The second-order valence-electron chi connectivity index (χ2n) is 4.59. The zero-order valence-electron chi connectivity index (χ0n) is 8.62. The standard InChI is InChI=1S/C12H11BrClNO/c13-11-4-9(14)1-2-10(11)12(16)15-5-7-3-8(7)6-15/h1-2,4,7-8H,3,5-6H2. The molecule has 2 aliphatic rings. The third-order valence-corrected chi connectivity index (χ3v) is 4.32. The van der Waals surface area contributed by atoms with Crippen molar-refractivity contribution in [3.63, 3.8) is 0 Å². The number of fused-ring (bicyclic) bond motifs is 1. The number of hydrogen-bond acceptors (Lipinski definition) is 1. The van der Waals surface area contributed by atoms with Crippen LogP contribution in [-0.2, 0) is 0 Å². The molecule has 4 heteroatoms. The number of rotatable bonds is 1. The van der Waals surface area contributed by atoms with E-state index in [1.165, 1.54) is 6.42 Å². The fourth-order valence-corrected chi connectivity index (χ4v) is 3.25. The van der Waals surface area contributed by atoms with E-state index in [1.54, 1.807) is 18.2 Å². The normalized spacial score (nSPS) is 26.8. The van der Waals surface area contributed by atoms with E-state index in [0.29, 0.717) is 10.6 Å². The van der Waals surface area contributed by atoms with E-state index in [1.807, 2.05) is 4.90 Å². The molecule has 1 saturated carbocycles. The Hall–Kier alpha value is -0.540. The van der Waals surface area contributed by atoms with E-state index in [4.69, 9.17) is 11.6 Å². The van der Waals surface area contributed by atoms with E-state index in [-0.39, 0.29) is 5.91 Å². The predicted octanol–water partition coefficient (Wildman–Crippen LogP) is 3.19. The minimum atomic E-state index is 0.121. The first kappa shape index (κ1) is 10.6. The summed E-state index contributed by atoms with van der Waals surface area (Å²) in [4.78, 5) is 14.1. The second-order valence-corrected chi connectivity index (χ2v) is 5.88. The molecule has 3 rings (SSSR count). The van der Waals surface area contributed by atoms with Gasteiger partial charge < -0.3 is 4.90 Å². The van der Waals surface area contributed by atoms with Crippen LogP contribution in [0.25, 0.3) is 0 Å². The van der Waals surface area contributed by atoms with Crippen LogP contribution in [-0.4, -0.2) is 23.9 Å². The van der Waals surface area contributed by atoms with Gasteiger partial charge in [0.05, 0.1) is 5.56 Å². The molecule has 2 atom stereocenters. The first-order valence-corrected chi connectivity index (χ1v) is 6.56. The number of halogens is 2. The van der Waals surface area contributed by atoms with E-state index >= 15 is 0 Å². The molecule has 2 nitrogen and oxygen atoms in total. The first-order valence-electron chi connectivity index (χ1n) is 5.39. The number of piperidine rings is 1. The number of likely N-dealkylation sites (tertiary alicyclic amines) is 1. The van der Waals surface area contributed by atoms with Crippen molar-refractivity contribution < 1.29 is 4.79 Å². The Balaban J connectivity index is 1.83. The molecular formula is C12H11BrClNO. The van der Waals surface area contributed by atoms with Crippen molar-refractivity contribution in [2.45, 2.75) is 6.42 Å². The van der Waals surface area contributed by atoms with E-state index in [9.17, 15) is 4.79 Å². The summed E-state index contributed by atoms with van der Waals surface area (Å²) in [6.45, 7) is 1.86. The lowest BCUT2D eigenvalue weighted by Crippen LogP contribution is -2.30. The van der Waals surface area contributed by atoms with Crippen LogP contribution >= 0.6 is 27.5 Å². The highest BCUT2D eigenvalue weighted by Crippen LogP contribution is 2.45. The number of amides is 1. The number of carbonyl (C=O) groups is 1. The average Bonchev–Trinajstić information content (AvgIpc) is 2.85. The molecule has 0 radical (unpaired) electrons. The lowest BCUT2D eigenvalue weighted by Gasteiger charge is -2.18. The minimum absolute atomic E-state index is 0.121. The Bertz CT molecular complexity index is 452. The Morgan fingerprint density at radius 1 is 1.38 bits per heavy atom. The van der Waals surface area contributed by atoms with Gasteiger partial charge in [0.15, 0.2) is 0 Å². The number of hydrogen-bond donors (Lipinski definition) is 0. The summed E-state index contributed by atoms with van der Waals surface area (Å²) in [6.07, 6.45) is 1.31. The molecule has 1 heterocycles. The van der Waals surface area contributed by atoms with Gasteiger partial charge in [-0.15, -0.1) is 0 Å². The van der Waals surface area contributed by atoms with Crippen molar-refractivity contribution >= 4 is 33.4 Å². The molecule has 1 aliphatic heterocycles. The minimum Gasteiger partial charge on any atom is -0.338 e. The van der Waals surface area contributed by atoms with E-state index in [0.717, 1.165) is 29.4 Å². The molecule has 1 saturated heterocycles. The largest absolute Gasteiger partial charge is 0.338 e. The number of carbonyl (C=O) groups excluding carboxylic acids is 1. The summed E-state index contributed by atoms with van der Waals surface area (Å²) in [5.41, 5.74) is 0.714. The summed E-state index contributed by atoms with van der Waals surface area (Å²) >= 11 is 9.25. The van der Waals surface area contributed by atoms with Crippen LogP contribution in [0, 0.1) is 11.8 Å². The van der Waals surface area contributed by atoms with Crippen molar-refractivity contribution in [2.75, 3.05) is 13.1 Å². The van der Waals surface area contributed by atoms with Gasteiger partial charge in [-0.25, -0.2) is 0 Å². The number of benzene rings is 1. The van der Waals surface area contributed by atoms with Gasteiger partial charge in [-0.2, -0.15) is 0 Å². The topological polar surface area (TPSA) is 20.3 Å². The Morgan fingerprint density at radius 3 is 2.69 bits per heavy atom. The zero-order valence-corrected chi connectivity index (χ0v) is 11.0. The van der Waals surface area contributed by atoms with Crippen LogP contribution in [0.1, 0.15) is 16.8 Å². The molecule has 16 heavy (non-hydrogen) atoms. The van der Waals surface area contributed by atoms with Gasteiger partial charge >= 0.3 is 0 Å². The maximum atomic E-state index is 12.2. The van der Waals surface area contributed by atoms with Gasteiger partial charge in [-0.1, -0.05) is 11.6 Å². The van der Waals surface area contributed by atoms with Crippen LogP contribution in [0.15, 0.2) is 22.7 Å². The van der Waals surface area contributed by atoms with E-state index < -0.39 is 0 Å². The quantitative estimate of drug-likeness (QED) is 0.780. The molecule has 2 unspecified atom stereocenters. The first-order chi connectivity index (χ1) is 7.65. The van der Waals surface area contributed by atoms with Crippen LogP contribution in [0.5, 0.6) is 0 Å². The maximum absolute atomic E-state index is 12.2. The second kappa shape index (κ2) is 3.74. The molecule has 84 valence electrons. The number of nitrogens with zero attached hydrogens (tertiary/aromatic N) is 1. The highest BCUT2D eigenvalue weighted by atomic mass is 79.9. The molecule has 1 aliphatic carbocycles. The van der Waals surface area contributed by atoms with Crippen LogP contribution in [0.4, 0.5) is 0 Å². The molecule has 1 aromatic rings. The van der Waals surface area contributed by atoms with Gasteiger partial charge in [-0.05, 0) is 52.4 Å². The van der Waals surface area contributed by atoms with Crippen LogP contribution in [0.2, 0.25) is 5.02 Å². The maximum Gasteiger partial charge on any atom is 0.255 e. The smallest absolute Gasteiger partial charge is 0.255 e. The van der Waals surface area contributed by atoms with Crippen molar-refractivity contribution in [2.24, 2.45) is 11.8 Å². The fourth-order valence-electron chi connectivity index (χ4n) is 2.40. The molecule has 0 aromatic heterocycles. The van der Waals surface area contributed by atoms with Crippen LogP contribution in [0.3, 0.4) is 0 Å². The summed E-state index contributed by atoms with van der Waals surface area (Å²) in [7, 11) is 0. The highest BCUT2D eigenvalue weighted by molar-refractivity contribution is 9.10. The molecule has 1 amide bonds. The van der Waals surface area contributed by atoms with Crippen molar-refractivity contribution in [3.8, 4) is 0 Å². The van der Waals surface area contributed by atoms with Gasteiger partial charge in [0.1, 0.15) is 0 Å². The summed E-state index contributed by atoms with van der Waals surface area (Å²) < 4.78 is 0.783. The lowest BCUT2D eigenvalue weighted by atomic mass is 10.2. The monoisotopic (exact) mass is 299 g/mol. The lowest BCUT2D eigenvalue weighted by molar-refractivity contribution is 0.0774.